The molecule has 112 valence electrons. The Hall–Kier alpha value is -1.39. The highest BCUT2D eigenvalue weighted by Gasteiger charge is 2.18. The molecule has 0 spiro atoms. The second-order valence-corrected chi connectivity index (χ2v) is 4.75. The summed E-state index contributed by atoms with van der Waals surface area (Å²) in [5.41, 5.74) is 1.14. The maximum atomic E-state index is 11.8. The highest BCUT2D eigenvalue weighted by molar-refractivity contribution is 5.76. The van der Waals surface area contributed by atoms with Crippen molar-refractivity contribution in [1.82, 2.24) is 10.2 Å². The Balaban J connectivity index is 2.50. The smallest absolute Gasteiger partial charge is 0.323 e. The van der Waals surface area contributed by atoms with E-state index in [4.69, 9.17) is 4.74 Å². The Morgan fingerprint density at radius 3 is 2.45 bits per heavy atom. The van der Waals surface area contributed by atoms with Crippen LogP contribution >= 0.6 is 0 Å². The van der Waals surface area contributed by atoms with Gasteiger partial charge in [-0.05, 0) is 25.1 Å². The number of methoxy groups -OCH3 is 1. The quantitative estimate of drug-likeness (QED) is 0.698. The fourth-order valence-corrected chi connectivity index (χ4v) is 2.17. The number of hydrogen-bond donors (Lipinski definition) is 1. The number of rotatable bonds is 9. The zero-order valence-electron chi connectivity index (χ0n) is 12.8. The number of ether oxygens (including phenoxy) is 1. The monoisotopic (exact) mass is 278 g/mol. The molecule has 0 fully saturated rings. The molecule has 1 aromatic rings. The van der Waals surface area contributed by atoms with Crippen LogP contribution in [0.5, 0.6) is 0 Å². The summed E-state index contributed by atoms with van der Waals surface area (Å²) in [6.45, 7) is 8.07. The second kappa shape index (κ2) is 9.50. The predicted octanol–water partition coefficient (Wildman–Crippen LogP) is 1.70. The fraction of sp³-hybridized carbons (Fsp3) is 0.562. The first-order valence-electron chi connectivity index (χ1n) is 7.28. The second-order valence-electron chi connectivity index (χ2n) is 4.75. The number of hydrogen-bond acceptors (Lipinski definition) is 4. The molecule has 0 heterocycles. The molecule has 0 bridgehead atoms. The van der Waals surface area contributed by atoms with Gasteiger partial charge in [0.25, 0.3) is 0 Å². The molecule has 0 aromatic heterocycles. The van der Waals surface area contributed by atoms with Crippen molar-refractivity contribution < 1.29 is 9.53 Å². The average molecular weight is 278 g/mol. The summed E-state index contributed by atoms with van der Waals surface area (Å²) in [6.07, 6.45) is 0.658. The Kier molecular flexibility index (Phi) is 7.92. The summed E-state index contributed by atoms with van der Waals surface area (Å²) in [4.78, 5) is 14.2. The van der Waals surface area contributed by atoms with Crippen LogP contribution in [0.25, 0.3) is 0 Å². The van der Waals surface area contributed by atoms with Gasteiger partial charge in [0.05, 0.1) is 7.11 Å². The molecule has 1 unspecified atom stereocenters. The van der Waals surface area contributed by atoms with Gasteiger partial charge in [-0.15, -0.1) is 0 Å². The van der Waals surface area contributed by atoms with Crippen molar-refractivity contribution in [2.75, 3.05) is 33.3 Å². The van der Waals surface area contributed by atoms with Crippen LogP contribution < -0.4 is 5.32 Å². The van der Waals surface area contributed by atoms with E-state index >= 15 is 0 Å². The van der Waals surface area contributed by atoms with Crippen molar-refractivity contribution in [2.45, 2.75) is 26.3 Å². The van der Waals surface area contributed by atoms with Crippen LogP contribution in [0.15, 0.2) is 30.3 Å². The third-order valence-electron chi connectivity index (χ3n) is 3.48. The lowest BCUT2D eigenvalue weighted by Gasteiger charge is -2.21. The lowest BCUT2D eigenvalue weighted by atomic mass is 10.1. The minimum Gasteiger partial charge on any atom is -0.468 e. The summed E-state index contributed by atoms with van der Waals surface area (Å²) in [7, 11) is 1.44. The van der Waals surface area contributed by atoms with Crippen LogP contribution in [-0.4, -0.2) is 50.2 Å². The zero-order chi connectivity index (χ0) is 14.8. The maximum Gasteiger partial charge on any atom is 0.323 e. The van der Waals surface area contributed by atoms with Gasteiger partial charge in [0, 0.05) is 13.1 Å². The minimum atomic E-state index is -0.280. The lowest BCUT2D eigenvalue weighted by molar-refractivity contribution is -0.143. The van der Waals surface area contributed by atoms with Crippen LogP contribution in [0, 0.1) is 0 Å². The molecule has 0 aliphatic carbocycles. The summed E-state index contributed by atoms with van der Waals surface area (Å²) >= 11 is 0. The van der Waals surface area contributed by atoms with E-state index in [1.54, 1.807) is 0 Å². The zero-order valence-corrected chi connectivity index (χ0v) is 12.8. The van der Waals surface area contributed by atoms with Gasteiger partial charge in [0.1, 0.15) is 6.04 Å². The van der Waals surface area contributed by atoms with Crippen LogP contribution in [0.1, 0.15) is 19.4 Å². The number of carbonyl (C=O) groups is 1. The number of nitrogens with zero attached hydrogens (tertiary/aromatic N) is 1. The third-order valence-corrected chi connectivity index (χ3v) is 3.48. The molecule has 4 heteroatoms. The van der Waals surface area contributed by atoms with Crippen LogP contribution in [0.3, 0.4) is 0 Å². The molecule has 0 amide bonds. The highest BCUT2D eigenvalue weighted by Crippen LogP contribution is 2.04. The molecular weight excluding hydrogens is 252 g/mol. The summed E-state index contributed by atoms with van der Waals surface area (Å²) in [6, 6.07) is 9.73. The van der Waals surface area contributed by atoms with Gasteiger partial charge in [-0.1, -0.05) is 44.2 Å². The van der Waals surface area contributed by atoms with E-state index in [0.29, 0.717) is 6.42 Å². The number of esters is 1. The van der Waals surface area contributed by atoms with E-state index in [1.807, 2.05) is 30.3 Å². The Labute approximate surface area is 122 Å². The van der Waals surface area contributed by atoms with Gasteiger partial charge < -0.3 is 15.0 Å². The Morgan fingerprint density at radius 2 is 1.90 bits per heavy atom. The summed E-state index contributed by atoms with van der Waals surface area (Å²) < 4.78 is 4.88. The van der Waals surface area contributed by atoms with E-state index in [1.165, 1.54) is 7.11 Å². The van der Waals surface area contributed by atoms with Crippen molar-refractivity contribution in [2.24, 2.45) is 0 Å². The normalized spacial score (nSPS) is 12.4. The molecule has 1 N–H and O–H groups in total. The predicted molar refractivity (Wildman–Crippen MR) is 81.7 cm³/mol. The molecule has 0 aliphatic rings. The Morgan fingerprint density at radius 1 is 1.25 bits per heavy atom. The van der Waals surface area contributed by atoms with Gasteiger partial charge in [0.15, 0.2) is 0 Å². The van der Waals surface area contributed by atoms with E-state index in [0.717, 1.165) is 31.7 Å². The highest BCUT2D eigenvalue weighted by atomic mass is 16.5. The van der Waals surface area contributed by atoms with Crippen molar-refractivity contribution in [1.29, 1.82) is 0 Å². The maximum absolute atomic E-state index is 11.8. The first-order chi connectivity index (χ1) is 9.71. The number of likely N-dealkylation sites (N-methyl/N-ethyl adjacent to an activating group) is 1. The molecule has 1 rings (SSSR count). The van der Waals surface area contributed by atoms with Crippen molar-refractivity contribution in [3.05, 3.63) is 35.9 Å². The minimum absolute atomic E-state index is 0.201. The van der Waals surface area contributed by atoms with Crippen LogP contribution in [0.2, 0.25) is 0 Å². The van der Waals surface area contributed by atoms with Gasteiger partial charge in [0.2, 0.25) is 0 Å². The molecular formula is C16H26N2O2. The van der Waals surface area contributed by atoms with Gasteiger partial charge in [-0.3, -0.25) is 4.79 Å². The summed E-state index contributed by atoms with van der Waals surface area (Å²) in [5.74, 6) is -0.201. The van der Waals surface area contributed by atoms with Gasteiger partial charge in [-0.2, -0.15) is 0 Å². The third kappa shape index (κ3) is 5.72. The van der Waals surface area contributed by atoms with Gasteiger partial charge in [-0.25, -0.2) is 0 Å². The standard InChI is InChI=1S/C16H26N2O2/c1-4-18(5-2)12-11-17-15(16(19)20-3)13-14-9-7-6-8-10-14/h6-10,15,17H,4-5,11-13H2,1-3H3. The Bertz CT molecular complexity index is 377. The van der Waals surface area contributed by atoms with E-state index in [-0.39, 0.29) is 12.0 Å². The number of benzene rings is 1. The van der Waals surface area contributed by atoms with Crippen LogP contribution in [0.4, 0.5) is 0 Å². The molecule has 20 heavy (non-hydrogen) atoms. The van der Waals surface area contributed by atoms with Gasteiger partial charge >= 0.3 is 5.97 Å². The van der Waals surface area contributed by atoms with E-state index < -0.39 is 0 Å². The van der Waals surface area contributed by atoms with Crippen LogP contribution in [-0.2, 0) is 16.0 Å². The van der Waals surface area contributed by atoms with E-state index in [9.17, 15) is 4.79 Å². The molecule has 0 aliphatic heterocycles. The molecule has 1 atom stereocenters. The first-order valence-corrected chi connectivity index (χ1v) is 7.28. The fourth-order valence-electron chi connectivity index (χ4n) is 2.17. The van der Waals surface area contributed by atoms with E-state index in [2.05, 4.69) is 24.1 Å². The summed E-state index contributed by atoms with van der Waals surface area (Å²) in [5, 5.41) is 3.30. The number of nitrogens with one attached hydrogen (secondary N) is 1. The largest absolute Gasteiger partial charge is 0.468 e. The molecule has 0 radical (unpaired) electrons. The SMILES string of the molecule is CCN(CC)CCNC(Cc1ccccc1)C(=O)OC. The number of carbonyl (C=O) groups excluding carboxylic acids is 1. The van der Waals surface area contributed by atoms with Crippen molar-refractivity contribution >= 4 is 5.97 Å². The molecule has 0 saturated heterocycles. The molecule has 0 saturated carbocycles. The molecule has 1 aromatic carbocycles. The average Bonchev–Trinajstić information content (AvgIpc) is 2.50. The lowest BCUT2D eigenvalue weighted by Crippen LogP contribution is -2.43. The van der Waals surface area contributed by atoms with Crippen molar-refractivity contribution in [3.8, 4) is 0 Å². The topological polar surface area (TPSA) is 41.6 Å². The molecule has 4 nitrogen and oxygen atoms in total. The first kappa shape index (κ1) is 16.7. The van der Waals surface area contributed by atoms with Crippen molar-refractivity contribution in [3.63, 3.8) is 0 Å².